The van der Waals surface area contributed by atoms with Crippen molar-refractivity contribution in [2.24, 2.45) is 5.73 Å². The number of halogens is 1. The Labute approximate surface area is 159 Å². The van der Waals surface area contributed by atoms with E-state index >= 15 is 0 Å². The van der Waals surface area contributed by atoms with Crippen LogP contribution in [0, 0.1) is 0 Å². The van der Waals surface area contributed by atoms with Gasteiger partial charge in [0.05, 0.1) is 22.8 Å². The molecule has 1 aliphatic rings. The summed E-state index contributed by atoms with van der Waals surface area (Å²) in [6.07, 6.45) is 1.79. The molecule has 2 heterocycles. The molecule has 0 spiro atoms. The van der Waals surface area contributed by atoms with E-state index in [0.717, 1.165) is 48.3 Å². The van der Waals surface area contributed by atoms with Crippen LogP contribution in [-0.4, -0.2) is 67.5 Å². The first-order valence-electron chi connectivity index (χ1n) is 8.88. The molecule has 1 aromatic heterocycles. The molecule has 0 saturated carbocycles. The van der Waals surface area contributed by atoms with Gasteiger partial charge in [0.25, 0.3) is 0 Å². The molecule has 0 aliphatic carbocycles. The number of benzene rings is 1. The van der Waals surface area contributed by atoms with E-state index in [1.54, 1.807) is 25.2 Å². The Balaban J connectivity index is 1.88. The zero-order chi connectivity index (χ0) is 18.8. The number of rotatable bonds is 4. The van der Waals surface area contributed by atoms with Crippen LogP contribution in [0.2, 0.25) is 5.02 Å². The van der Waals surface area contributed by atoms with Gasteiger partial charge in [0.1, 0.15) is 0 Å². The summed E-state index contributed by atoms with van der Waals surface area (Å²) in [6, 6.07) is 5.72. The van der Waals surface area contributed by atoms with Gasteiger partial charge in [-0.25, -0.2) is 0 Å². The smallest absolute Gasteiger partial charge is 0.236 e. The summed E-state index contributed by atoms with van der Waals surface area (Å²) in [5.74, 6) is 0.133. The maximum absolute atomic E-state index is 11.9. The fourth-order valence-electron chi connectivity index (χ4n) is 3.35. The van der Waals surface area contributed by atoms with Gasteiger partial charge in [0, 0.05) is 57.9 Å². The fourth-order valence-corrected chi connectivity index (χ4v) is 3.62. The number of piperazine rings is 1. The van der Waals surface area contributed by atoms with Crippen LogP contribution in [0.1, 0.15) is 18.5 Å². The van der Waals surface area contributed by atoms with E-state index < -0.39 is 0 Å². The predicted octanol–water partition coefficient (Wildman–Crippen LogP) is 2.12. The summed E-state index contributed by atoms with van der Waals surface area (Å²) < 4.78 is 0. The third-order valence-electron chi connectivity index (χ3n) is 4.88. The van der Waals surface area contributed by atoms with Crippen LogP contribution in [0.5, 0.6) is 0 Å². The lowest BCUT2D eigenvalue weighted by Crippen LogP contribution is -2.49. The lowest BCUT2D eigenvalue weighted by molar-refractivity contribution is -0.129. The molecule has 0 radical (unpaired) electrons. The quantitative estimate of drug-likeness (QED) is 0.886. The Kier molecular flexibility index (Phi) is 5.65. The summed E-state index contributed by atoms with van der Waals surface area (Å²) in [5, 5.41) is 1.62. The molecule has 0 bridgehead atoms. The van der Waals surface area contributed by atoms with Gasteiger partial charge in [-0.15, -0.1) is 0 Å². The predicted molar refractivity (Wildman–Crippen MR) is 107 cm³/mol. The van der Waals surface area contributed by atoms with Crippen molar-refractivity contribution in [1.29, 1.82) is 0 Å². The van der Waals surface area contributed by atoms with Crippen LogP contribution in [0.4, 0.5) is 5.69 Å². The molecule has 6 nitrogen and oxygen atoms in total. The summed E-state index contributed by atoms with van der Waals surface area (Å²) in [6.45, 7) is 5.74. The molecule has 1 amide bonds. The van der Waals surface area contributed by atoms with Crippen molar-refractivity contribution < 1.29 is 4.79 Å². The Morgan fingerprint density at radius 3 is 2.65 bits per heavy atom. The zero-order valence-electron chi connectivity index (χ0n) is 15.6. The number of anilines is 1. The summed E-state index contributed by atoms with van der Waals surface area (Å²) in [7, 11) is 3.58. The molecule has 2 aromatic rings. The topological polar surface area (TPSA) is 65.7 Å². The Bertz CT molecular complexity index is 800. The molecular weight excluding hydrogens is 350 g/mol. The average molecular weight is 376 g/mol. The van der Waals surface area contributed by atoms with E-state index in [1.807, 2.05) is 25.1 Å². The standard InChI is InChI=1S/C19H26ClN5O/c1-13(21)15-11-16(20)14-5-4-6-22-18(14)19(15)25-9-7-24(8-10-25)12-17(26)23(2)3/h4-6,11,13H,7-10,12,21H2,1-3H3. The molecular formula is C19H26ClN5O. The van der Waals surface area contributed by atoms with Crippen molar-refractivity contribution >= 4 is 34.1 Å². The second kappa shape index (κ2) is 7.78. The van der Waals surface area contributed by atoms with Crippen molar-refractivity contribution in [1.82, 2.24) is 14.8 Å². The molecule has 1 saturated heterocycles. The molecule has 7 heteroatoms. The molecule has 26 heavy (non-hydrogen) atoms. The van der Waals surface area contributed by atoms with Crippen molar-refractivity contribution in [2.75, 3.05) is 51.7 Å². The third-order valence-corrected chi connectivity index (χ3v) is 5.19. The molecule has 1 aromatic carbocycles. The molecule has 1 unspecified atom stereocenters. The van der Waals surface area contributed by atoms with Crippen LogP contribution in [0.15, 0.2) is 24.4 Å². The van der Waals surface area contributed by atoms with Crippen molar-refractivity contribution in [3.63, 3.8) is 0 Å². The van der Waals surface area contributed by atoms with Crippen LogP contribution in [0.25, 0.3) is 10.9 Å². The summed E-state index contributed by atoms with van der Waals surface area (Å²) >= 11 is 6.46. The van der Waals surface area contributed by atoms with Gasteiger partial charge in [0.15, 0.2) is 0 Å². The second-order valence-corrected chi connectivity index (χ2v) is 7.44. The SMILES string of the molecule is CC(N)c1cc(Cl)c2cccnc2c1N1CCN(CC(=O)N(C)C)CC1. The molecule has 1 atom stereocenters. The number of hydrogen-bond donors (Lipinski definition) is 1. The van der Waals surface area contributed by atoms with Crippen LogP contribution >= 0.6 is 11.6 Å². The molecule has 1 aliphatic heterocycles. The highest BCUT2D eigenvalue weighted by atomic mass is 35.5. The van der Waals surface area contributed by atoms with Gasteiger partial charge in [-0.05, 0) is 30.7 Å². The Morgan fingerprint density at radius 1 is 1.35 bits per heavy atom. The Hall–Kier alpha value is -1.89. The van der Waals surface area contributed by atoms with Crippen LogP contribution in [-0.2, 0) is 4.79 Å². The van der Waals surface area contributed by atoms with Gasteiger partial charge in [0.2, 0.25) is 5.91 Å². The minimum atomic E-state index is -0.137. The number of fused-ring (bicyclic) bond motifs is 1. The lowest BCUT2D eigenvalue weighted by atomic mass is 10.0. The van der Waals surface area contributed by atoms with E-state index in [9.17, 15) is 4.79 Å². The molecule has 140 valence electrons. The maximum Gasteiger partial charge on any atom is 0.236 e. The van der Waals surface area contributed by atoms with Gasteiger partial charge < -0.3 is 15.5 Å². The largest absolute Gasteiger partial charge is 0.367 e. The highest BCUT2D eigenvalue weighted by Gasteiger charge is 2.25. The number of nitrogens with two attached hydrogens (primary N) is 1. The number of aromatic nitrogens is 1. The van der Waals surface area contributed by atoms with E-state index in [4.69, 9.17) is 17.3 Å². The van der Waals surface area contributed by atoms with E-state index in [-0.39, 0.29) is 11.9 Å². The number of pyridine rings is 1. The Morgan fingerprint density at radius 2 is 2.04 bits per heavy atom. The number of hydrogen-bond acceptors (Lipinski definition) is 5. The molecule has 1 fully saturated rings. The summed E-state index contributed by atoms with van der Waals surface area (Å²) in [5.41, 5.74) is 9.21. The van der Waals surface area contributed by atoms with Crippen molar-refractivity contribution in [3.8, 4) is 0 Å². The first-order valence-corrected chi connectivity index (χ1v) is 9.26. The van der Waals surface area contributed by atoms with Crippen LogP contribution < -0.4 is 10.6 Å². The van der Waals surface area contributed by atoms with E-state index in [1.165, 1.54) is 0 Å². The minimum Gasteiger partial charge on any atom is -0.367 e. The highest BCUT2D eigenvalue weighted by Crippen LogP contribution is 2.37. The van der Waals surface area contributed by atoms with Gasteiger partial charge in [-0.1, -0.05) is 11.6 Å². The fraction of sp³-hybridized carbons (Fsp3) is 0.474. The third kappa shape index (κ3) is 3.77. The van der Waals surface area contributed by atoms with Crippen molar-refractivity contribution in [3.05, 3.63) is 35.0 Å². The number of carbonyl (C=O) groups is 1. The monoisotopic (exact) mass is 375 g/mol. The highest BCUT2D eigenvalue weighted by molar-refractivity contribution is 6.36. The van der Waals surface area contributed by atoms with E-state index in [2.05, 4.69) is 14.8 Å². The number of amides is 1. The maximum atomic E-state index is 11.9. The summed E-state index contributed by atoms with van der Waals surface area (Å²) in [4.78, 5) is 22.7. The number of likely N-dealkylation sites (N-methyl/N-ethyl adjacent to an activating group) is 1. The lowest BCUT2D eigenvalue weighted by Gasteiger charge is -2.37. The number of nitrogens with zero attached hydrogens (tertiary/aromatic N) is 4. The molecule has 3 rings (SSSR count). The zero-order valence-corrected chi connectivity index (χ0v) is 16.3. The van der Waals surface area contributed by atoms with Gasteiger partial charge in [-0.2, -0.15) is 0 Å². The first-order chi connectivity index (χ1) is 12.4. The second-order valence-electron chi connectivity index (χ2n) is 7.04. The number of carbonyl (C=O) groups excluding carboxylic acids is 1. The first kappa shape index (κ1) is 18.9. The minimum absolute atomic E-state index is 0.133. The van der Waals surface area contributed by atoms with Gasteiger partial charge in [-0.3, -0.25) is 14.7 Å². The molecule has 2 N–H and O–H groups in total. The van der Waals surface area contributed by atoms with Gasteiger partial charge >= 0.3 is 0 Å². The van der Waals surface area contributed by atoms with Crippen LogP contribution in [0.3, 0.4) is 0 Å². The normalized spacial score (nSPS) is 16.7. The average Bonchev–Trinajstić information content (AvgIpc) is 2.62. The van der Waals surface area contributed by atoms with E-state index in [0.29, 0.717) is 11.6 Å². The van der Waals surface area contributed by atoms with Crippen molar-refractivity contribution in [2.45, 2.75) is 13.0 Å².